The second kappa shape index (κ2) is 20.1. The van der Waals surface area contributed by atoms with Gasteiger partial charge in [0.2, 0.25) is 0 Å². The van der Waals surface area contributed by atoms with Gasteiger partial charge in [0.1, 0.15) is 17.2 Å². The van der Waals surface area contributed by atoms with Crippen LogP contribution in [0.4, 0.5) is 11.4 Å². The first-order valence-corrected chi connectivity index (χ1v) is 17.7. The first-order valence-electron chi connectivity index (χ1n) is 17.7. The molecule has 57 heavy (non-hydrogen) atoms. The number of imidazole rings is 2. The summed E-state index contributed by atoms with van der Waals surface area (Å²) < 4.78 is 24.0. The number of carbonyl (C=O) groups is 1. The molecule has 0 unspecified atom stereocenters. The van der Waals surface area contributed by atoms with Gasteiger partial charge in [0, 0.05) is 61.7 Å². The fourth-order valence-corrected chi connectivity index (χ4v) is 5.98. The summed E-state index contributed by atoms with van der Waals surface area (Å²) in [5.41, 5.74) is 5.80. The Labute approximate surface area is 328 Å². The van der Waals surface area contributed by atoms with Crippen molar-refractivity contribution >= 4 is 17.3 Å². The van der Waals surface area contributed by atoms with Gasteiger partial charge in [0.25, 0.3) is 11.4 Å². The van der Waals surface area contributed by atoms with E-state index in [0.717, 1.165) is 35.5 Å². The molecular weight excluding hydrogens is 736 g/mol. The predicted molar refractivity (Wildman–Crippen MR) is 210 cm³/mol. The minimum absolute atomic E-state index is 0.00235. The summed E-state index contributed by atoms with van der Waals surface area (Å²) in [4.78, 5) is 41.1. The quantitative estimate of drug-likeness (QED) is 0.0752. The van der Waals surface area contributed by atoms with Gasteiger partial charge in [0.05, 0.1) is 68.5 Å². The van der Waals surface area contributed by atoms with Gasteiger partial charge in [-0.05, 0) is 59.4 Å². The van der Waals surface area contributed by atoms with Gasteiger partial charge in [-0.1, -0.05) is 36.4 Å². The van der Waals surface area contributed by atoms with Crippen LogP contribution in [-0.4, -0.2) is 74.6 Å². The highest BCUT2D eigenvalue weighted by Gasteiger charge is 2.16. The highest BCUT2D eigenvalue weighted by Crippen LogP contribution is 2.34. The Balaban J connectivity index is 0.000000194. The van der Waals surface area contributed by atoms with Gasteiger partial charge in [-0.2, -0.15) is 0 Å². The molecule has 1 aliphatic heterocycles. The molecule has 1 saturated heterocycles. The van der Waals surface area contributed by atoms with Crippen LogP contribution in [-0.2, 0) is 29.2 Å². The summed E-state index contributed by atoms with van der Waals surface area (Å²) in [5, 5.41) is 31.4. The van der Waals surface area contributed by atoms with Crippen LogP contribution in [0.2, 0.25) is 0 Å². The van der Waals surface area contributed by atoms with E-state index >= 15 is 0 Å². The number of nitrogens with zero attached hydrogens (tertiary/aromatic N) is 6. The molecule has 0 saturated carbocycles. The maximum Gasteiger partial charge on any atom is 0.356 e. The van der Waals surface area contributed by atoms with Gasteiger partial charge < -0.3 is 33.2 Å². The van der Waals surface area contributed by atoms with E-state index < -0.39 is 15.8 Å². The highest BCUT2D eigenvalue weighted by atomic mass is 16.6. The van der Waals surface area contributed by atoms with Crippen molar-refractivity contribution in [2.45, 2.75) is 32.5 Å². The van der Waals surface area contributed by atoms with Crippen LogP contribution < -0.4 is 9.47 Å². The lowest BCUT2D eigenvalue weighted by Gasteiger charge is -2.12. The molecule has 296 valence electrons. The molecule has 0 aliphatic carbocycles. The third kappa shape index (κ3) is 10.9. The fraction of sp³-hybridized carbons (Fsp3) is 0.244. The zero-order valence-corrected chi connectivity index (χ0v) is 31.6. The van der Waals surface area contributed by atoms with Gasteiger partial charge >= 0.3 is 5.97 Å². The summed E-state index contributed by atoms with van der Waals surface area (Å²) in [5.74, 6) is 0.759. The maximum atomic E-state index is 11.8. The maximum absolute atomic E-state index is 11.8. The van der Waals surface area contributed by atoms with E-state index in [-0.39, 0.29) is 18.0 Å². The molecule has 16 nitrogen and oxygen atoms in total. The number of methoxy groups -OCH3 is 3. The Morgan fingerprint density at radius 3 is 1.70 bits per heavy atom. The number of rotatable bonds is 12. The molecule has 2 aromatic heterocycles. The highest BCUT2D eigenvalue weighted by molar-refractivity contribution is 5.87. The van der Waals surface area contributed by atoms with Crippen molar-refractivity contribution in [1.29, 1.82) is 0 Å². The largest absolute Gasteiger partial charge is 0.496 e. The lowest BCUT2D eigenvalue weighted by molar-refractivity contribution is -0.385. The normalized spacial score (nSPS) is 11.7. The number of carbonyl (C=O) groups excluding carboxylic acids is 1. The summed E-state index contributed by atoms with van der Waals surface area (Å²) in [6, 6.07) is 24.0. The van der Waals surface area contributed by atoms with Crippen molar-refractivity contribution in [2.24, 2.45) is 0 Å². The number of aliphatic hydroxyl groups excluding tert-OH is 1. The van der Waals surface area contributed by atoms with Crippen molar-refractivity contribution in [1.82, 2.24) is 19.1 Å². The number of benzene rings is 4. The van der Waals surface area contributed by atoms with E-state index in [1.165, 1.54) is 50.4 Å². The number of hydrogen-bond acceptors (Lipinski definition) is 12. The van der Waals surface area contributed by atoms with Crippen LogP contribution in [0, 0.1) is 20.2 Å². The Kier molecular flexibility index (Phi) is 14.6. The van der Waals surface area contributed by atoms with Crippen LogP contribution in [0.3, 0.4) is 0 Å². The average Bonchev–Trinajstić information content (AvgIpc) is 4.06. The zero-order chi connectivity index (χ0) is 40.7. The zero-order valence-electron chi connectivity index (χ0n) is 31.6. The monoisotopic (exact) mass is 778 g/mol. The molecule has 0 amide bonds. The molecule has 1 aliphatic rings. The fourth-order valence-electron chi connectivity index (χ4n) is 5.98. The van der Waals surface area contributed by atoms with Crippen molar-refractivity contribution < 1.29 is 38.7 Å². The van der Waals surface area contributed by atoms with E-state index in [0.29, 0.717) is 47.1 Å². The van der Waals surface area contributed by atoms with Gasteiger partial charge in [-0.25, -0.2) is 14.8 Å². The molecule has 1 N–H and O–H groups in total. The SMILES string of the molecule is C1CCOC1.COC(=O)c1cncn1Cc1ccc(OC)c(-c2cccc([N+](=O)[O-])c2)c1.COc1ccc(Cn2cncc2CO)cc1-c1cccc([N+](=O)[O-])c1. The van der Waals surface area contributed by atoms with Crippen LogP contribution in [0.5, 0.6) is 11.5 Å². The number of hydrogen-bond donors (Lipinski definition) is 1. The molecule has 6 aromatic rings. The first-order chi connectivity index (χ1) is 27.6. The Hall–Kier alpha value is -6.91. The van der Waals surface area contributed by atoms with Gasteiger partial charge in [-0.3, -0.25) is 20.2 Å². The smallest absolute Gasteiger partial charge is 0.356 e. The number of nitro groups is 2. The number of non-ortho nitro benzene ring substituents is 2. The van der Waals surface area contributed by atoms with Crippen molar-refractivity contribution in [2.75, 3.05) is 34.5 Å². The molecule has 1 fully saturated rings. The Morgan fingerprint density at radius 2 is 1.25 bits per heavy atom. The summed E-state index contributed by atoms with van der Waals surface area (Å²) >= 11 is 0. The number of nitro benzene ring substituents is 2. The van der Waals surface area contributed by atoms with Gasteiger partial charge in [0.15, 0.2) is 0 Å². The van der Waals surface area contributed by atoms with Crippen LogP contribution in [0.15, 0.2) is 110 Å². The predicted octanol–water partition coefficient (Wildman–Crippen LogP) is 7.11. The summed E-state index contributed by atoms with van der Waals surface area (Å²) in [7, 11) is 4.42. The lowest BCUT2D eigenvalue weighted by atomic mass is 10.0. The van der Waals surface area contributed by atoms with E-state index in [2.05, 4.69) is 9.97 Å². The molecule has 0 spiro atoms. The number of esters is 1. The summed E-state index contributed by atoms with van der Waals surface area (Å²) in [6.45, 7) is 2.83. The minimum Gasteiger partial charge on any atom is -0.496 e. The Morgan fingerprint density at radius 1 is 0.737 bits per heavy atom. The third-order valence-corrected chi connectivity index (χ3v) is 8.86. The molecular formula is C41H42N6O10. The molecule has 4 aromatic carbocycles. The second-order valence-corrected chi connectivity index (χ2v) is 12.6. The first kappa shape index (κ1) is 41.3. The van der Waals surface area contributed by atoms with Crippen molar-refractivity contribution in [3.05, 3.63) is 153 Å². The van der Waals surface area contributed by atoms with Crippen LogP contribution >= 0.6 is 0 Å². The molecule has 0 atom stereocenters. The minimum atomic E-state index is -0.472. The standard InChI is InChI=1S/C19H17N3O5.C18H17N3O4.C4H8O/c1-26-18-7-6-13(11-21-12-20-10-17(21)19(23)27-2)8-16(18)14-4-3-5-15(9-14)22(24)25;1-25-18-6-5-13(10-20-12-19-9-16(20)11-22)7-17(18)14-3-2-4-15(8-14)21(23)24;1-2-4-5-3-1/h3-10,12H,11H2,1-2H3;2-9,12,22H,10-11H2,1H3;1-4H2. The Bertz CT molecular complexity index is 2290. The van der Waals surface area contributed by atoms with E-state index in [1.54, 1.807) is 61.9 Å². The van der Waals surface area contributed by atoms with Gasteiger partial charge in [-0.15, -0.1) is 0 Å². The number of ether oxygens (including phenoxy) is 4. The summed E-state index contributed by atoms with van der Waals surface area (Å²) in [6.07, 6.45) is 8.81. The van der Waals surface area contributed by atoms with E-state index in [9.17, 15) is 30.1 Å². The van der Waals surface area contributed by atoms with E-state index in [4.69, 9.17) is 18.9 Å². The van der Waals surface area contributed by atoms with Crippen LogP contribution in [0.1, 0.15) is 40.2 Å². The average molecular weight is 779 g/mol. The third-order valence-electron chi connectivity index (χ3n) is 8.86. The van der Waals surface area contributed by atoms with Crippen LogP contribution in [0.25, 0.3) is 22.3 Å². The van der Waals surface area contributed by atoms with E-state index in [1.807, 2.05) is 41.0 Å². The second-order valence-electron chi connectivity index (χ2n) is 12.6. The number of aliphatic hydroxyl groups is 1. The lowest BCUT2D eigenvalue weighted by Crippen LogP contribution is -2.10. The number of aromatic nitrogens is 4. The molecule has 3 heterocycles. The van der Waals surface area contributed by atoms with Crippen molar-refractivity contribution in [3.63, 3.8) is 0 Å². The van der Waals surface area contributed by atoms with Crippen molar-refractivity contribution in [3.8, 4) is 33.8 Å². The topological polar surface area (TPSA) is 196 Å². The molecule has 0 bridgehead atoms. The molecule has 7 rings (SSSR count). The molecule has 0 radical (unpaired) electrons. The molecule has 16 heteroatoms.